The van der Waals surface area contributed by atoms with Crippen LogP contribution in [0.1, 0.15) is 53.9 Å². The zero-order valence-electron chi connectivity index (χ0n) is 10.8. The molecule has 0 aliphatic rings. The maximum Gasteiger partial charge on any atom is 0.350 e. The van der Waals surface area contributed by atoms with E-state index < -0.39 is 11.6 Å². The quantitative estimate of drug-likeness (QED) is 0.658. The zero-order chi connectivity index (χ0) is 12.8. The van der Waals surface area contributed by atoms with E-state index in [4.69, 9.17) is 9.47 Å². The van der Waals surface area contributed by atoms with E-state index in [1.165, 1.54) is 0 Å². The van der Waals surface area contributed by atoms with Crippen molar-refractivity contribution in [3.63, 3.8) is 0 Å². The normalized spacial score (nSPS) is 13.1. The molecule has 4 heteroatoms. The van der Waals surface area contributed by atoms with Gasteiger partial charge in [-0.2, -0.15) is 0 Å². The Morgan fingerprint density at radius 2 is 1.81 bits per heavy atom. The van der Waals surface area contributed by atoms with E-state index in [0.29, 0.717) is 12.8 Å². The van der Waals surface area contributed by atoms with Crippen LogP contribution in [0.3, 0.4) is 0 Å². The minimum Gasteiger partial charge on any atom is -0.460 e. The van der Waals surface area contributed by atoms with Crippen LogP contribution in [0.5, 0.6) is 0 Å². The molecule has 0 aliphatic carbocycles. The van der Waals surface area contributed by atoms with Gasteiger partial charge in [0.25, 0.3) is 0 Å². The van der Waals surface area contributed by atoms with E-state index >= 15 is 0 Å². The monoisotopic (exact) mass is 230 g/mol. The van der Waals surface area contributed by atoms with Gasteiger partial charge >= 0.3 is 11.9 Å². The molecule has 0 aromatic carbocycles. The molecule has 16 heavy (non-hydrogen) atoms. The SMILES string of the molecule is CCCC(=O)OC(C)(C)C(=O)OC(C)CC. The molecule has 0 spiro atoms. The van der Waals surface area contributed by atoms with Crippen molar-refractivity contribution in [2.45, 2.75) is 65.6 Å². The van der Waals surface area contributed by atoms with Crippen molar-refractivity contribution >= 4 is 11.9 Å². The standard InChI is InChI=1S/C12H22O4/c1-6-8-10(13)16-12(4,5)11(14)15-9(3)7-2/h9H,6-8H2,1-5H3. The van der Waals surface area contributed by atoms with Crippen LogP contribution >= 0.6 is 0 Å². The lowest BCUT2D eigenvalue weighted by Gasteiger charge is -2.24. The van der Waals surface area contributed by atoms with Crippen molar-refractivity contribution < 1.29 is 19.1 Å². The predicted molar refractivity (Wildman–Crippen MR) is 60.9 cm³/mol. The molecule has 0 amide bonds. The van der Waals surface area contributed by atoms with Crippen LogP contribution < -0.4 is 0 Å². The van der Waals surface area contributed by atoms with E-state index in [2.05, 4.69) is 0 Å². The topological polar surface area (TPSA) is 52.6 Å². The predicted octanol–water partition coefficient (Wildman–Crippen LogP) is 2.45. The molecule has 1 unspecified atom stereocenters. The molecule has 0 aromatic heterocycles. The van der Waals surface area contributed by atoms with Crippen molar-refractivity contribution in [1.82, 2.24) is 0 Å². The third-order valence-corrected chi connectivity index (χ3v) is 2.20. The molecule has 0 heterocycles. The number of carbonyl (C=O) groups excluding carboxylic acids is 2. The number of ether oxygens (including phenoxy) is 2. The van der Waals surface area contributed by atoms with Gasteiger partial charge in [-0.05, 0) is 33.6 Å². The molecule has 0 fully saturated rings. The van der Waals surface area contributed by atoms with E-state index in [1.54, 1.807) is 13.8 Å². The van der Waals surface area contributed by atoms with Gasteiger partial charge in [0.15, 0.2) is 0 Å². The second-order valence-electron chi connectivity index (χ2n) is 4.36. The minimum atomic E-state index is -1.20. The molecule has 1 atom stereocenters. The van der Waals surface area contributed by atoms with Gasteiger partial charge in [-0.1, -0.05) is 13.8 Å². The summed E-state index contributed by atoms with van der Waals surface area (Å²) in [4.78, 5) is 23.0. The first-order chi connectivity index (χ1) is 7.33. The van der Waals surface area contributed by atoms with Gasteiger partial charge in [-0.3, -0.25) is 4.79 Å². The van der Waals surface area contributed by atoms with Crippen LogP contribution in [0.2, 0.25) is 0 Å². The summed E-state index contributed by atoms with van der Waals surface area (Å²) in [7, 11) is 0. The van der Waals surface area contributed by atoms with Crippen LogP contribution in [0.15, 0.2) is 0 Å². The molecule has 0 rings (SSSR count). The molecule has 0 radical (unpaired) electrons. The molecule has 4 nitrogen and oxygen atoms in total. The van der Waals surface area contributed by atoms with Gasteiger partial charge in [0.1, 0.15) is 0 Å². The highest BCUT2D eigenvalue weighted by Crippen LogP contribution is 2.15. The number of hydrogen-bond acceptors (Lipinski definition) is 4. The van der Waals surface area contributed by atoms with Gasteiger partial charge in [0.05, 0.1) is 6.10 Å². The highest BCUT2D eigenvalue weighted by Gasteiger charge is 2.34. The summed E-state index contributed by atoms with van der Waals surface area (Å²) in [5.41, 5.74) is -1.20. The Morgan fingerprint density at radius 1 is 1.25 bits per heavy atom. The summed E-state index contributed by atoms with van der Waals surface area (Å²) < 4.78 is 10.2. The van der Waals surface area contributed by atoms with Crippen molar-refractivity contribution in [1.29, 1.82) is 0 Å². The minimum absolute atomic E-state index is 0.156. The van der Waals surface area contributed by atoms with Gasteiger partial charge in [-0.25, -0.2) is 4.79 Å². The fourth-order valence-electron chi connectivity index (χ4n) is 0.989. The Bertz CT molecular complexity index is 245. The maximum absolute atomic E-state index is 11.7. The number of rotatable bonds is 6. The van der Waals surface area contributed by atoms with Gasteiger partial charge in [0, 0.05) is 6.42 Å². The van der Waals surface area contributed by atoms with Crippen LogP contribution in [0, 0.1) is 0 Å². The van der Waals surface area contributed by atoms with E-state index in [9.17, 15) is 9.59 Å². The Kier molecular flexibility index (Phi) is 6.08. The first kappa shape index (κ1) is 14.9. The third kappa shape index (κ3) is 5.14. The van der Waals surface area contributed by atoms with Crippen LogP contribution in [0.4, 0.5) is 0 Å². The largest absolute Gasteiger partial charge is 0.460 e. The highest BCUT2D eigenvalue weighted by molar-refractivity contribution is 5.82. The van der Waals surface area contributed by atoms with Gasteiger partial charge < -0.3 is 9.47 Å². The summed E-state index contributed by atoms with van der Waals surface area (Å²) in [6.07, 6.45) is 1.61. The summed E-state index contributed by atoms with van der Waals surface area (Å²) >= 11 is 0. The van der Waals surface area contributed by atoms with Crippen molar-refractivity contribution in [3.05, 3.63) is 0 Å². The molecular formula is C12H22O4. The molecule has 0 N–H and O–H groups in total. The Morgan fingerprint density at radius 3 is 2.25 bits per heavy atom. The fraction of sp³-hybridized carbons (Fsp3) is 0.833. The third-order valence-electron chi connectivity index (χ3n) is 2.20. The number of esters is 2. The first-order valence-corrected chi connectivity index (χ1v) is 5.76. The van der Waals surface area contributed by atoms with E-state index in [-0.39, 0.29) is 12.1 Å². The lowest BCUT2D eigenvalue weighted by atomic mass is 10.1. The molecular weight excluding hydrogens is 208 g/mol. The Balaban J connectivity index is 4.30. The molecule has 0 saturated heterocycles. The second kappa shape index (κ2) is 6.51. The maximum atomic E-state index is 11.7. The summed E-state index contributed by atoms with van der Waals surface area (Å²) in [6, 6.07) is 0. The summed E-state index contributed by atoms with van der Waals surface area (Å²) in [5, 5.41) is 0. The van der Waals surface area contributed by atoms with Crippen molar-refractivity contribution in [2.75, 3.05) is 0 Å². The van der Waals surface area contributed by atoms with Gasteiger partial charge in [0.2, 0.25) is 5.60 Å². The highest BCUT2D eigenvalue weighted by atomic mass is 16.6. The molecule has 0 aromatic rings. The fourth-order valence-corrected chi connectivity index (χ4v) is 0.989. The Hall–Kier alpha value is -1.06. The lowest BCUT2D eigenvalue weighted by molar-refractivity contribution is -0.181. The number of carbonyl (C=O) groups is 2. The van der Waals surface area contributed by atoms with Crippen LogP contribution in [-0.4, -0.2) is 23.6 Å². The van der Waals surface area contributed by atoms with E-state index in [1.807, 2.05) is 20.8 Å². The van der Waals surface area contributed by atoms with Crippen molar-refractivity contribution in [2.24, 2.45) is 0 Å². The van der Waals surface area contributed by atoms with Crippen LogP contribution in [-0.2, 0) is 19.1 Å². The average molecular weight is 230 g/mol. The smallest absolute Gasteiger partial charge is 0.350 e. The number of hydrogen-bond donors (Lipinski definition) is 0. The molecule has 0 bridgehead atoms. The van der Waals surface area contributed by atoms with E-state index in [0.717, 1.165) is 6.42 Å². The van der Waals surface area contributed by atoms with Gasteiger partial charge in [-0.15, -0.1) is 0 Å². The second-order valence-corrected chi connectivity index (χ2v) is 4.36. The summed E-state index contributed by atoms with van der Waals surface area (Å²) in [5.74, 6) is -0.861. The summed E-state index contributed by atoms with van der Waals surface area (Å²) in [6.45, 7) is 8.71. The average Bonchev–Trinajstić information content (AvgIpc) is 2.16. The molecule has 94 valence electrons. The van der Waals surface area contributed by atoms with Crippen LogP contribution in [0.25, 0.3) is 0 Å². The molecule has 0 saturated carbocycles. The van der Waals surface area contributed by atoms with Crippen molar-refractivity contribution in [3.8, 4) is 0 Å². The molecule has 0 aliphatic heterocycles. The Labute approximate surface area is 97.3 Å². The lowest BCUT2D eigenvalue weighted by Crippen LogP contribution is -2.40. The first-order valence-electron chi connectivity index (χ1n) is 5.76. The zero-order valence-corrected chi connectivity index (χ0v) is 10.8.